The van der Waals surface area contributed by atoms with Gasteiger partial charge < -0.3 is 39.3 Å². The molecule has 2 aliphatic rings. The van der Waals surface area contributed by atoms with E-state index in [-0.39, 0.29) is 0 Å². The minimum absolute atomic E-state index is 0.586. The van der Waals surface area contributed by atoms with Crippen molar-refractivity contribution >= 4 is 26.1 Å². The number of rotatable bonds is 14. The van der Waals surface area contributed by atoms with Gasteiger partial charge in [0.25, 0.3) is 5.56 Å². The Labute approximate surface area is 248 Å². The lowest BCUT2D eigenvalue weighted by atomic mass is 9.93. The van der Waals surface area contributed by atoms with Gasteiger partial charge in [-0.25, -0.2) is 32.4 Å². The molecule has 19 nitrogen and oxygen atoms in total. The molecule has 0 amide bonds. The molecule has 1 aliphatic carbocycles. The number of ether oxygens (including phenoxy) is 6. The Balaban J connectivity index is 1.88. The van der Waals surface area contributed by atoms with Gasteiger partial charge in [0.2, 0.25) is 19.2 Å². The predicted molar refractivity (Wildman–Crippen MR) is 138 cm³/mol. The molecular weight excluding hydrogens is 624 g/mol. The Kier molecular flexibility index (Phi) is 10.6. The number of nitrogens with one attached hydrogen (secondary N) is 1. The van der Waals surface area contributed by atoms with E-state index < -0.39 is 105 Å². The summed E-state index contributed by atoms with van der Waals surface area (Å²) in [5.74, 6) is -1.20. The van der Waals surface area contributed by atoms with Gasteiger partial charge in [-0.3, -0.25) is 23.7 Å². The highest BCUT2D eigenvalue weighted by atomic mass is 31.2. The van der Waals surface area contributed by atoms with Crippen LogP contribution in [0.2, 0.25) is 0 Å². The number of nitrogens with zero attached hydrogens (tertiary/aromatic N) is 1. The summed E-state index contributed by atoms with van der Waals surface area (Å²) in [6, 6.07) is 0.907. The Morgan fingerprint density at radius 2 is 1.64 bits per heavy atom. The number of aromatic nitrogens is 2. The topological polar surface area (TPSA) is 252 Å². The van der Waals surface area contributed by atoms with Crippen LogP contribution in [-0.2, 0) is 51.4 Å². The maximum atomic E-state index is 15.7. The Morgan fingerprint density at radius 1 is 1.09 bits per heavy atom. The second kappa shape index (κ2) is 13.3. The Morgan fingerprint density at radius 3 is 2.11 bits per heavy atom. The third-order valence-corrected chi connectivity index (χ3v) is 7.58. The number of H-pyrrole nitrogens is 1. The predicted octanol–water partition coefficient (Wildman–Crippen LogP) is 0.344. The molecule has 1 aromatic rings. The zero-order valence-electron chi connectivity index (χ0n) is 24.2. The molecule has 1 aromatic heterocycles. The number of alkyl halides is 1. The van der Waals surface area contributed by atoms with Gasteiger partial charge in [-0.15, -0.1) is 0 Å². The van der Waals surface area contributed by atoms with E-state index in [9.17, 15) is 33.6 Å². The van der Waals surface area contributed by atoms with Crippen molar-refractivity contribution in [2.24, 2.45) is 5.73 Å². The summed E-state index contributed by atoms with van der Waals surface area (Å²) in [5, 5.41) is 11.5. The van der Waals surface area contributed by atoms with Gasteiger partial charge in [0, 0.05) is 12.3 Å². The molecule has 1 saturated carbocycles. The first-order valence-electron chi connectivity index (χ1n) is 12.9. The molecule has 0 radical (unpaired) electrons. The van der Waals surface area contributed by atoms with E-state index in [4.69, 9.17) is 38.3 Å². The molecular formula is C23H33FN3O16P. The molecule has 3 rings (SSSR count). The Bertz CT molecular complexity index is 1370. The van der Waals surface area contributed by atoms with Crippen LogP contribution in [0.25, 0.3) is 0 Å². The largest absolute Gasteiger partial charge is 0.510 e. The number of phosphoric ester groups is 1. The van der Waals surface area contributed by atoms with Crippen molar-refractivity contribution in [2.45, 2.75) is 76.0 Å². The highest BCUT2D eigenvalue weighted by Crippen LogP contribution is 2.71. The molecule has 5 unspecified atom stereocenters. The molecule has 2 heterocycles. The summed E-state index contributed by atoms with van der Waals surface area (Å²) in [6.07, 6.45) is -6.89. The summed E-state index contributed by atoms with van der Waals surface area (Å²) in [4.78, 5) is 61.6. The average molecular weight is 657 g/mol. The van der Waals surface area contributed by atoms with Crippen LogP contribution in [0.3, 0.4) is 0 Å². The number of halogens is 1. The summed E-state index contributed by atoms with van der Waals surface area (Å²) in [6.45, 7) is 2.92. The lowest BCUT2D eigenvalue weighted by Gasteiger charge is -2.33. The van der Waals surface area contributed by atoms with Crippen LogP contribution in [0, 0.1) is 0 Å². The number of carbonyl (C=O) groups excluding carboxylic acids is 3. The van der Waals surface area contributed by atoms with Crippen molar-refractivity contribution in [3.8, 4) is 0 Å². The minimum atomic E-state index is -4.99. The van der Waals surface area contributed by atoms with Crippen molar-refractivity contribution < 1.29 is 70.4 Å². The molecule has 0 aromatic carbocycles. The van der Waals surface area contributed by atoms with Gasteiger partial charge in [0.1, 0.15) is 0 Å². The lowest BCUT2D eigenvalue weighted by Crippen LogP contribution is -2.53. The normalized spacial score (nSPS) is 27.5. The van der Waals surface area contributed by atoms with Crippen LogP contribution in [0.15, 0.2) is 21.9 Å². The number of esters is 1. The fourth-order valence-electron chi connectivity index (χ4n) is 4.40. The standard InChI is InChI=1S/C23H33FN3O16P/c1-12(2)40-19(31)35-10-38-44(34,39-11-36-20(32)41-13(3)4)37-9-22-16(24)23(22,42-15(29)8-25)21(5,33)17(43-22)27-7-6-14(28)26-18(27)30/h6-7,12-13,16-17,33H,8-11,25H2,1-5H3,(H,26,28,30). The van der Waals surface area contributed by atoms with Gasteiger partial charge in [0.05, 0.1) is 25.4 Å². The number of hydrogen-bond acceptors (Lipinski definition) is 17. The van der Waals surface area contributed by atoms with E-state index >= 15 is 4.39 Å². The molecule has 4 N–H and O–H groups in total. The molecule has 2 fully saturated rings. The van der Waals surface area contributed by atoms with Gasteiger partial charge >= 0.3 is 31.8 Å². The van der Waals surface area contributed by atoms with Crippen molar-refractivity contribution in [2.75, 3.05) is 26.7 Å². The molecule has 5 atom stereocenters. The molecule has 0 bridgehead atoms. The highest BCUT2D eigenvalue weighted by Gasteiger charge is 2.96. The molecule has 21 heteroatoms. The molecule has 1 saturated heterocycles. The first-order chi connectivity index (χ1) is 20.4. The van der Waals surface area contributed by atoms with Gasteiger partial charge in [-0.2, -0.15) is 0 Å². The number of aromatic amines is 1. The van der Waals surface area contributed by atoms with Crippen molar-refractivity contribution in [1.82, 2.24) is 9.55 Å². The molecule has 248 valence electrons. The average Bonchev–Trinajstić information content (AvgIpc) is 3.33. The quantitative estimate of drug-likeness (QED) is 0.106. The summed E-state index contributed by atoms with van der Waals surface area (Å²) in [5.41, 5.74) is -4.17. The van der Waals surface area contributed by atoms with E-state index in [1.165, 1.54) is 27.7 Å². The van der Waals surface area contributed by atoms with E-state index in [0.717, 1.165) is 19.2 Å². The first-order valence-corrected chi connectivity index (χ1v) is 14.4. The number of hydrogen-bond donors (Lipinski definition) is 3. The lowest BCUT2D eigenvalue weighted by molar-refractivity contribution is -0.183. The number of aliphatic hydroxyl groups is 1. The fourth-order valence-corrected chi connectivity index (χ4v) is 5.34. The van der Waals surface area contributed by atoms with E-state index in [0.29, 0.717) is 4.57 Å². The van der Waals surface area contributed by atoms with Gasteiger partial charge in [0.15, 0.2) is 23.6 Å². The van der Waals surface area contributed by atoms with Crippen LogP contribution >= 0.6 is 7.82 Å². The number of nitrogens with two attached hydrogens (primary N) is 1. The van der Waals surface area contributed by atoms with Crippen LogP contribution in [-0.4, -0.2) is 94.9 Å². The summed E-state index contributed by atoms with van der Waals surface area (Å²) >= 11 is 0. The van der Waals surface area contributed by atoms with Crippen molar-refractivity contribution in [1.29, 1.82) is 0 Å². The number of carbonyl (C=O) groups is 3. The zero-order chi connectivity index (χ0) is 33.1. The third-order valence-electron chi connectivity index (χ3n) is 6.29. The van der Waals surface area contributed by atoms with Gasteiger partial charge in [-0.1, -0.05) is 0 Å². The minimum Gasteiger partial charge on any atom is -0.448 e. The van der Waals surface area contributed by atoms with Gasteiger partial charge in [-0.05, 0) is 34.6 Å². The molecule has 44 heavy (non-hydrogen) atoms. The van der Waals surface area contributed by atoms with Crippen molar-refractivity contribution in [3.63, 3.8) is 0 Å². The monoisotopic (exact) mass is 657 g/mol. The smallest absolute Gasteiger partial charge is 0.448 e. The number of phosphoric acid groups is 1. The van der Waals surface area contributed by atoms with E-state index in [1.54, 1.807) is 0 Å². The van der Waals surface area contributed by atoms with Crippen LogP contribution in [0.4, 0.5) is 14.0 Å². The SMILES string of the molecule is CC(C)OC(=O)OCOP(=O)(OCOC(=O)OC(C)C)OCC12OC(n3ccc(=O)[nH]c3=O)C(C)(O)C1(OC(=O)CN)C2F. The van der Waals surface area contributed by atoms with Crippen LogP contribution in [0.5, 0.6) is 0 Å². The first kappa shape index (κ1) is 35.1. The van der Waals surface area contributed by atoms with Crippen LogP contribution < -0.4 is 17.0 Å². The fraction of sp³-hybridized carbons (Fsp3) is 0.696. The second-order valence-electron chi connectivity index (χ2n) is 10.1. The maximum absolute atomic E-state index is 15.7. The highest BCUT2D eigenvalue weighted by molar-refractivity contribution is 7.48. The maximum Gasteiger partial charge on any atom is 0.510 e. The summed E-state index contributed by atoms with van der Waals surface area (Å²) in [7, 11) is -4.99. The Hall–Kier alpha value is -3.39. The second-order valence-corrected chi connectivity index (χ2v) is 11.8. The number of fused-ring (bicyclic) bond motifs is 1. The third kappa shape index (κ3) is 6.96. The molecule has 0 spiro atoms. The van der Waals surface area contributed by atoms with Crippen molar-refractivity contribution in [3.05, 3.63) is 33.1 Å². The van der Waals surface area contributed by atoms with E-state index in [2.05, 4.69) is 9.47 Å². The molecule has 1 aliphatic heterocycles. The summed E-state index contributed by atoms with van der Waals surface area (Å²) < 4.78 is 74.6. The zero-order valence-corrected chi connectivity index (χ0v) is 25.1. The van der Waals surface area contributed by atoms with E-state index in [1.807, 2.05) is 4.98 Å². The van der Waals surface area contributed by atoms with Crippen LogP contribution in [0.1, 0.15) is 40.8 Å².